The Morgan fingerprint density at radius 2 is 1.39 bits per heavy atom. The number of hydrogen-bond donors (Lipinski definition) is 2. The monoisotopic (exact) mass is 482 g/mol. The lowest BCUT2D eigenvalue weighted by molar-refractivity contribution is 0.470. The molecule has 0 unspecified atom stereocenters. The third-order valence-electron chi connectivity index (χ3n) is 7.00. The highest BCUT2D eigenvalue weighted by atomic mass is 16.3. The summed E-state index contributed by atoms with van der Waals surface area (Å²) < 4.78 is 0. The van der Waals surface area contributed by atoms with Crippen molar-refractivity contribution in [2.75, 3.05) is 18.5 Å². The van der Waals surface area contributed by atoms with E-state index in [1.54, 1.807) is 0 Å². The van der Waals surface area contributed by atoms with E-state index in [9.17, 15) is 10.2 Å². The van der Waals surface area contributed by atoms with Crippen molar-refractivity contribution in [2.24, 2.45) is 4.99 Å². The minimum Gasteiger partial charge on any atom is -0.505 e. The Labute approximate surface area is 214 Å². The largest absolute Gasteiger partial charge is 0.505 e. The van der Waals surface area contributed by atoms with Crippen molar-refractivity contribution in [3.8, 4) is 11.5 Å². The molecule has 4 aromatic carbocycles. The summed E-state index contributed by atoms with van der Waals surface area (Å²) in [4.78, 5) is 6.71. The molecule has 0 spiro atoms. The second-order valence-corrected chi connectivity index (χ2v) is 9.62. The molecule has 36 heavy (non-hydrogen) atoms. The maximum Gasteiger partial charge on any atom is 0.151 e. The summed E-state index contributed by atoms with van der Waals surface area (Å²) in [6.07, 6.45) is 10.9. The minimum absolute atomic E-state index is 0.120. The summed E-state index contributed by atoms with van der Waals surface area (Å²) >= 11 is 0. The Kier molecular flexibility index (Phi) is 8.83. The van der Waals surface area contributed by atoms with Gasteiger partial charge in [0.25, 0.3) is 0 Å². The summed E-state index contributed by atoms with van der Waals surface area (Å²) in [5.41, 5.74) is 2.28. The van der Waals surface area contributed by atoms with Crippen LogP contribution in [0.2, 0.25) is 0 Å². The Morgan fingerprint density at radius 3 is 2.17 bits per heavy atom. The van der Waals surface area contributed by atoms with E-state index in [1.807, 2.05) is 42.4 Å². The third-order valence-corrected chi connectivity index (χ3v) is 7.00. The highest BCUT2D eigenvalue weighted by molar-refractivity contribution is 6.04. The fourth-order valence-corrected chi connectivity index (χ4v) is 4.94. The molecule has 0 aliphatic rings. The molecule has 4 heteroatoms. The van der Waals surface area contributed by atoms with Gasteiger partial charge in [-0.1, -0.05) is 106 Å². The summed E-state index contributed by atoms with van der Waals surface area (Å²) in [7, 11) is 1.96. The normalized spacial score (nSPS) is 11.6. The first-order valence-corrected chi connectivity index (χ1v) is 13.3. The number of fused-ring (bicyclic) bond motifs is 2. The Morgan fingerprint density at radius 1 is 0.750 bits per heavy atom. The van der Waals surface area contributed by atoms with E-state index in [4.69, 9.17) is 4.99 Å². The Balaban J connectivity index is 1.57. The number of likely N-dealkylation sites (N-methyl/N-ethyl adjacent to an activating group) is 1. The first-order valence-electron chi connectivity index (χ1n) is 13.3. The molecule has 0 aromatic heterocycles. The summed E-state index contributed by atoms with van der Waals surface area (Å²) in [5, 5.41) is 26.2. The van der Waals surface area contributed by atoms with Crippen molar-refractivity contribution >= 4 is 39.1 Å². The molecule has 188 valence electrons. The van der Waals surface area contributed by atoms with Gasteiger partial charge in [-0.15, -0.1) is 0 Å². The number of unbranched alkanes of at least 4 members (excludes halogenated alkanes) is 6. The third kappa shape index (κ3) is 5.81. The summed E-state index contributed by atoms with van der Waals surface area (Å²) in [6.45, 7) is 2.91. The zero-order chi connectivity index (χ0) is 25.3. The van der Waals surface area contributed by atoms with Crippen molar-refractivity contribution < 1.29 is 10.2 Å². The molecule has 0 saturated carbocycles. The zero-order valence-corrected chi connectivity index (χ0v) is 21.6. The highest BCUT2D eigenvalue weighted by Gasteiger charge is 2.21. The van der Waals surface area contributed by atoms with Gasteiger partial charge >= 0.3 is 0 Å². The van der Waals surface area contributed by atoms with Gasteiger partial charge in [0, 0.05) is 30.6 Å². The zero-order valence-electron chi connectivity index (χ0n) is 21.6. The fourth-order valence-electron chi connectivity index (χ4n) is 4.94. The van der Waals surface area contributed by atoms with E-state index in [1.165, 1.54) is 48.4 Å². The van der Waals surface area contributed by atoms with Gasteiger partial charge in [0.2, 0.25) is 0 Å². The molecular formula is C32H38N2O2. The quantitative estimate of drug-likeness (QED) is 0.121. The summed E-state index contributed by atoms with van der Waals surface area (Å²) in [6, 6.07) is 22.2. The minimum atomic E-state index is 0.120. The average Bonchev–Trinajstić information content (AvgIpc) is 2.91. The van der Waals surface area contributed by atoms with Crippen LogP contribution in [0, 0.1) is 0 Å². The van der Waals surface area contributed by atoms with Crippen molar-refractivity contribution in [3.05, 3.63) is 72.3 Å². The van der Waals surface area contributed by atoms with Gasteiger partial charge in [0.1, 0.15) is 17.1 Å². The van der Waals surface area contributed by atoms with Gasteiger partial charge in [-0.2, -0.15) is 0 Å². The molecule has 0 fully saturated rings. The lowest BCUT2D eigenvalue weighted by Crippen LogP contribution is -2.20. The first kappa shape index (κ1) is 25.6. The lowest BCUT2D eigenvalue weighted by atomic mass is 10.0. The Hall–Kier alpha value is -3.53. The SMILES string of the molecule is CCCCCCCCC=Nc1c(N(C)CCc2cccc3ccccc23)c(O)c2ccccc2c1O. The highest BCUT2D eigenvalue weighted by Crippen LogP contribution is 2.49. The predicted octanol–water partition coefficient (Wildman–Crippen LogP) is 8.54. The molecule has 0 bridgehead atoms. The average molecular weight is 483 g/mol. The van der Waals surface area contributed by atoms with E-state index >= 15 is 0 Å². The van der Waals surface area contributed by atoms with Crippen molar-refractivity contribution in [1.29, 1.82) is 0 Å². The molecule has 0 heterocycles. The first-order chi connectivity index (χ1) is 17.6. The maximum atomic E-state index is 11.3. The van der Waals surface area contributed by atoms with Crippen LogP contribution in [0.4, 0.5) is 11.4 Å². The Bertz CT molecular complexity index is 1320. The molecule has 0 radical (unpaired) electrons. The van der Waals surface area contributed by atoms with Gasteiger partial charge in [-0.25, -0.2) is 0 Å². The molecule has 0 aliphatic heterocycles. The number of benzene rings is 4. The number of phenols is 2. The number of rotatable bonds is 12. The van der Waals surface area contributed by atoms with E-state index in [0.717, 1.165) is 19.3 Å². The molecule has 0 aliphatic carbocycles. The predicted molar refractivity (Wildman–Crippen MR) is 154 cm³/mol. The number of phenolic OH excluding ortho intramolecular Hbond substituents is 2. The van der Waals surface area contributed by atoms with E-state index < -0.39 is 0 Å². The van der Waals surface area contributed by atoms with Gasteiger partial charge in [0.05, 0.1) is 0 Å². The molecular weight excluding hydrogens is 444 g/mol. The molecule has 0 amide bonds. The second-order valence-electron chi connectivity index (χ2n) is 9.62. The van der Waals surface area contributed by atoms with Gasteiger partial charge in [-0.05, 0) is 35.6 Å². The number of aromatic hydroxyl groups is 2. The van der Waals surface area contributed by atoms with Crippen LogP contribution in [0.1, 0.15) is 57.4 Å². The van der Waals surface area contributed by atoms with Gasteiger partial charge < -0.3 is 15.1 Å². The van der Waals surface area contributed by atoms with E-state index in [2.05, 4.69) is 49.4 Å². The van der Waals surface area contributed by atoms with Crippen LogP contribution in [0.5, 0.6) is 11.5 Å². The number of aliphatic imine (C=N–C) groups is 1. The number of nitrogens with zero attached hydrogens (tertiary/aromatic N) is 2. The van der Waals surface area contributed by atoms with Crippen LogP contribution in [-0.2, 0) is 6.42 Å². The van der Waals surface area contributed by atoms with Crippen LogP contribution >= 0.6 is 0 Å². The number of anilines is 1. The smallest absolute Gasteiger partial charge is 0.151 e. The van der Waals surface area contributed by atoms with E-state index in [-0.39, 0.29) is 11.5 Å². The van der Waals surface area contributed by atoms with Crippen LogP contribution in [0.3, 0.4) is 0 Å². The number of hydrogen-bond acceptors (Lipinski definition) is 4. The molecule has 4 aromatic rings. The van der Waals surface area contributed by atoms with Gasteiger partial charge in [0.15, 0.2) is 5.75 Å². The molecule has 0 atom stereocenters. The lowest BCUT2D eigenvalue weighted by Gasteiger charge is -2.24. The summed E-state index contributed by atoms with van der Waals surface area (Å²) in [5.74, 6) is 0.283. The van der Waals surface area contributed by atoms with E-state index in [0.29, 0.717) is 28.7 Å². The van der Waals surface area contributed by atoms with Crippen molar-refractivity contribution in [2.45, 2.75) is 58.3 Å². The fraction of sp³-hybridized carbons (Fsp3) is 0.344. The molecule has 4 rings (SSSR count). The molecule has 0 saturated heterocycles. The maximum absolute atomic E-state index is 11.3. The van der Waals surface area contributed by atoms with Crippen LogP contribution < -0.4 is 4.90 Å². The van der Waals surface area contributed by atoms with Crippen LogP contribution in [0.15, 0.2) is 71.7 Å². The second kappa shape index (κ2) is 12.4. The molecule has 4 nitrogen and oxygen atoms in total. The van der Waals surface area contributed by atoms with Crippen LogP contribution in [0.25, 0.3) is 21.5 Å². The van der Waals surface area contributed by atoms with Gasteiger partial charge in [-0.3, -0.25) is 4.99 Å². The van der Waals surface area contributed by atoms with Crippen LogP contribution in [-0.4, -0.2) is 30.0 Å². The van der Waals surface area contributed by atoms with Crippen molar-refractivity contribution in [3.63, 3.8) is 0 Å². The standard InChI is InChI=1S/C32H38N2O2/c1-3-4-5-6-7-8-13-22-33-29-30(32(36)28-20-12-11-19-27(28)31(29)35)34(2)23-21-25-17-14-16-24-15-9-10-18-26(24)25/h9-12,14-20,22,35-36H,3-8,13,21,23H2,1-2H3. The van der Waals surface area contributed by atoms with Crippen molar-refractivity contribution in [1.82, 2.24) is 0 Å². The molecule has 2 N–H and O–H groups in total. The topological polar surface area (TPSA) is 56.1 Å².